The molecule has 4 rings (SSSR count). The summed E-state index contributed by atoms with van der Waals surface area (Å²) in [7, 11) is 0. The standard InChI is InChI=1S/C31H26F6O2/c1-3-5-19-6-8-20(9-7-19)22-15-25(32)29(26(33)16-22)21-10-12-23(13-11-21)31(36,37)39-24-17-27(34)30(28(35)18-24)38-14-4-2/h6-13,15-18H,3-5,14H2,1-2H3. The van der Waals surface area contributed by atoms with Gasteiger partial charge in [0, 0.05) is 12.1 Å². The van der Waals surface area contributed by atoms with E-state index in [1.54, 1.807) is 19.1 Å². The zero-order valence-corrected chi connectivity index (χ0v) is 21.3. The Morgan fingerprint density at radius 1 is 0.641 bits per heavy atom. The Labute approximate surface area is 222 Å². The van der Waals surface area contributed by atoms with E-state index in [1.165, 1.54) is 12.1 Å². The number of halogens is 6. The highest BCUT2D eigenvalue weighted by Gasteiger charge is 2.35. The highest BCUT2D eigenvalue weighted by molar-refractivity contribution is 5.72. The third-order valence-corrected chi connectivity index (χ3v) is 6.05. The highest BCUT2D eigenvalue weighted by Crippen LogP contribution is 2.37. The van der Waals surface area contributed by atoms with Gasteiger partial charge in [-0.3, -0.25) is 0 Å². The molecule has 0 spiro atoms. The smallest absolute Gasteiger partial charge is 0.426 e. The van der Waals surface area contributed by atoms with Crippen LogP contribution in [0.2, 0.25) is 0 Å². The van der Waals surface area contributed by atoms with Crippen LogP contribution in [0.5, 0.6) is 11.5 Å². The van der Waals surface area contributed by atoms with E-state index in [9.17, 15) is 26.3 Å². The minimum Gasteiger partial charge on any atom is -0.488 e. The van der Waals surface area contributed by atoms with Gasteiger partial charge < -0.3 is 9.47 Å². The Balaban J connectivity index is 1.55. The van der Waals surface area contributed by atoms with Gasteiger partial charge in [0.15, 0.2) is 17.4 Å². The van der Waals surface area contributed by atoms with Crippen molar-refractivity contribution >= 4 is 0 Å². The van der Waals surface area contributed by atoms with Crippen LogP contribution in [0.1, 0.15) is 37.8 Å². The summed E-state index contributed by atoms with van der Waals surface area (Å²) in [5.74, 6) is -5.50. The molecule has 0 heterocycles. The Morgan fingerprint density at radius 3 is 1.74 bits per heavy atom. The largest absolute Gasteiger partial charge is 0.488 e. The van der Waals surface area contributed by atoms with Crippen molar-refractivity contribution in [3.8, 4) is 33.8 Å². The molecule has 0 radical (unpaired) electrons. The fraction of sp³-hybridized carbons (Fsp3) is 0.226. The molecule has 204 valence electrons. The van der Waals surface area contributed by atoms with E-state index in [0.717, 1.165) is 42.7 Å². The minimum atomic E-state index is -3.99. The van der Waals surface area contributed by atoms with Gasteiger partial charge in [-0.25, -0.2) is 17.6 Å². The maximum atomic E-state index is 15.0. The number of alkyl halides is 2. The SMILES string of the molecule is CCCOc1c(F)cc(OC(F)(F)c2ccc(-c3c(F)cc(-c4ccc(CCC)cc4)cc3F)cc2)cc1F. The summed E-state index contributed by atoms with van der Waals surface area (Å²) in [6.07, 6.45) is -1.62. The first kappa shape index (κ1) is 28.1. The van der Waals surface area contributed by atoms with Crippen LogP contribution in [-0.4, -0.2) is 6.61 Å². The Kier molecular flexibility index (Phi) is 8.53. The molecule has 0 aliphatic rings. The van der Waals surface area contributed by atoms with Gasteiger partial charge in [-0.2, -0.15) is 8.78 Å². The molecule has 0 amide bonds. The Bertz CT molecular complexity index is 1390. The average molecular weight is 545 g/mol. The second-order valence-corrected chi connectivity index (χ2v) is 9.02. The highest BCUT2D eigenvalue weighted by atomic mass is 19.3. The van der Waals surface area contributed by atoms with Gasteiger partial charge in [0.05, 0.1) is 17.7 Å². The van der Waals surface area contributed by atoms with E-state index in [0.29, 0.717) is 29.7 Å². The molecule has 0 aromatic heterocycles. The van der Waals surface area contributed by atoms with Crippen LogP contribution < -0.4 is 9.47 Å². The summed E-state index contributed by atoms with van der Waals surface area (Å²) in [4.78, 5) is 0. The van der Waals surface area contributed by atoms with Crippen LogP contribution >= 0.6 is 0 Å². The third-order valence-electron chi connectivity index (χ3n) is 6.05. The lowest BCUT2D eigenvalue weighted by atomic mass is 9.97. The summed E-state index contributed by atoms with van der Waals surface area (Å²) in [6, 6.07) is 15.1. The van der Waals surface area contributed by atoms with E-state index in [2.05, 4.69) is 11.7 Å². The zero-order chi connectivity index (χ0) is 28.2. The van der Waals surface area contributed by atoms with Crippen LogP contribution in [0.3, 0.4) is 0 Å². The van der Waals surface area contributed by atoms with Crippen molar-refractivity contribution < 1.29 is 35.8 Å². The molecule has 0 fully saturated rings. The maximum absolute atomic E-state index is 15.0. The lowest BCUT2D eigenvalue weighted by Crippen LogP contribution is -2.22. The van der Waals surface area contributed by atoms with E-state index in [-0.39, 0.29) is 17.7 Å². The van der Waals surface area contributed by atoms with Gasteiger partial charge in [0.2, 0.25) is 0 Å². The lowest BCUT2D eigenvalue weighted by molar-refractivity contribution is -0.185. The number of benzene rings is 4. The number of aryl methyl sites for hydroxylation is 1. The molecule has 0 saturated carbocycles. The molecule has 4 aromatic rings. The third kappa shape index (κ3) is 6.38. The van der Waals surface area contributed by atoms with Crippen LogP contribution in [0.15, 0.2) is 72.8 Å². The van der Waals surface area contributed by atoms with Crippen molar-refractivity contribution in [1.29, 1.82) is 0 Å². The fourth-order valence-electron chi connectivity index (χ4n) is 4.14. The zero-order valence-electron chi connectivity index (χ0n) is 21.3. The van der Waals surface area contributed by atoms with Crippen LogP contribution in [0.4, 0.5) is 26.3 Å². The molecule has 0 aliphatic carbocycles. The van der Waals surface area contributed by atoms with Crippen molar-refractivity contribution in [2.45, 2.75) is 39.2 Å². The van der Waals surface area contributed by atoms with Gasteiger partial charge in [0.25, 0.3) is 0 Å². The molecule has 4 aromatic carbocycles. The molecular formula is C31H26F6O2. The quantitative estimate of drug-likeness (QED) is 0.185. The Hall–Kier alpha value is -3.94. The number of hydrogen-bond donors (Lipinski definition) is 0. The van der Waals surface area contributed by atoms with Crippen LogP contribution in [0.25, 0.3) is 22.3 Å². The lowest BCUT2D eigenvalue weighted by Gasteiger charge is -2.19. The van der Waals surface area contributed by atoms with Gasteiger partial charge in [-0.15, -0.1) is 0 Å². The Morgan fingerprint density at radius 2 is 1.21 bits per heavy atom. The molecule has 0 aliphatic heterocycles. The van der Waals surface area contributed by atoms with Crippen LogP contribution in [-0.2, 0) is 12.5 Å². The second-order valence-electron chi connectivity index (χ2n) is 9.02. The maximum Gasteiger partial charge on any atom is 0.426 e. The van der Waals surface area contributed by atoms with Gasteiger partial charge in [0.1, 0.15) is 17.4 Å². The average Bonchev–Trinajstić information content (AvgIpc) is 2.88. The summed E-state index contributed by atoms with van der Waals surface area (Å²) in [5.41, 5.74) is 1.09. The van der Waals surface area contributed by atoms with E-state index >= 15 is 0 Å². The van der Waals surface area contributed by atoms with Crippen molar-refractivity contribution in [3.63, 3.8) is 0 Å². The molecule has 39 heavy (non-hydrogen) atoms. The topological polar surface area (TPSA) is 18.5 Å². The predicted octanol–water partition coefficient (Wildman–Crippen LogP) is 9.45. The second kappa shape index (κ2) is 11.8. The molecule has 2 nitrogen and oxygen atoms in total. The summed E-state index contributed by atoms with van der Waals surface area (Å²) in [6.45, 7) is 3.85. The number of hydrogen-bond acceptors (Lipinski definition) is 2. The van der Waals surface area contributed by atoms with Crippen molar-refractivity contribution in [2.24, 2.45) is 0 Å². The first-order valence-electron chi connectivity index (χ1n) is 12.5. The van der Waals surface area contributed by atoms with Crippen molar-refractivity contribution in [1.82, 2.24) is 0 Å². The predicted molar refractivity (Wildman–Crippen MR) is 138 cm³/mol. The summed E-state index contributed by atoms with van der Waals surface area (Å²) >= 11 is 0. The summed E-state index contributed by atoms with van der Waals surface area (Å²) < 4.78 is 97.4. The fourth-order valence-corrected chi connectivity index (χ4v) is 4.14. The van der Waals surface area contributed by atoms with Crippen molar-refractivity contribution in [2.75, 3.05) is 6.61 Å². The van der Waals surface area contributed by atoms with Crippen LogP contribution in [0, 0.1) is 23.3 Å². The van der Waals surface area contributed by atoms with Gasteiger partial charge >= 0.3 is 6.11 Å². The molecule has 0 saturated heterocycles. The normalized spacial score (nSPS) is 11.5. The first-order valence-corrected chi connectivity index (χ1v) is 12.5. The van der Waals surface area contributed by atoms with E-state index < -0.39 is 46.4 Å². The van der Waals surface area contributed by atoms with E-state index in [4.69, 9.17) is 4.74 Å². The minimum absolute atomic E-state index is 0.0314. The van der Waals surface area contributed by atoms with Gasteiger partial charge in [-0.05, 0) is 59.4 Å². The molecule has 8 heteroatoms. The first-order chi connectivity index (χ1) is 18.6. The molecule has 0 unspecified atom stereocenters. The molecule has 0 N–H and O–H groups in total. The van der Waals surface area contributed by atoms with Crippen molar-refractivity contribution in [3.05, 3.63) is 107 Å². The summed E-state index contributed by atoms with van der Waals surface area (Å²) in [5, 5.41) is 0. The monoisotopic (exact) mass is 544 g/mol. The molecule has 0 bridgehead atoms. The molecule has 0 atom stereocenters. The van der Waals surface area contributed by atoms with E-state index in [1.807, 2.05) is 12.1 Å². The van der Waals surface area contributed by atoms with Gasteiger partial charge in [-0.1, -0.05) is 56.7 Å². The number of rotatable bonds is 10. The number of ether oxygens (including phenoxy) is 2. The molecular weight excluding hydrogens is 518 g/mol.